The van der Waals surface area contributed by atoms with Crippen molar-refractivity contribution in [2.75, 3.05) is 13.1 Å². The standard InChI is InChI=1S/C36H56ClF2NO5/c1-29(2)27-23(44-28(42)21-9-16-40(37)17-10-21)18-24-32(6)19-22(41)26(33(7)11-8-25(45-33)30(3,4)43)31(32,5)12-13-34(24)20-35(27,34)14-15-36(29,38)39/h21-27,41,43H,8-20H2,1-7H3/t22-,23-,24-,25-,26-,27-,31+,32-,33-,34-,35+/m0/s1. The van der Waals surface area contributed by atoms with Crippen molar-refractivity contribution < 1.29 is 33.3 Å². The lowest BCUT2D eigenvalue weighted by molar-refractivity contribution is -0.252. The molecule has 9 heteroatoms. The second-order valence-electron chi connectivity index (χ2n) is 18.5. The summed E-state index contributed by atoms with van der Waals surface area (Å²) >= 11 is 6.18. The molecule has 0 aromatic carbocycles. The maximum absolute atomic E-state index is 15.8. The highest BCUT2D eigenvalue weighted by Gasteiger charge is 2.86. The summed E-state index contributed by atoms with van der Waals surface area (Å²) in [5.41, 5.74) is -3.71. The summed E-state index contributed by atoms with van der Waals surface area (Å²) in [4.78, 5) is 13.8. The van der Waals surface area contributed by atoms with Crippen LogP contribution in [-0.2, 0) is 14.3 Å². The second-order valence-corrected chi connectivity index (χ2v) is 19.0. The predicted molar refractivity (Wildman–Crippen MR) is 167 cm³/mol. The van der Waals surface area contributed by atoms with Crippen LogP contribution in [0.3, 0.4) is 0 Å². The third-order valence-electron chi connectivity index (χ3n) is 15.9. The van der Waals surface area contributed by atoms with Crippen molar-refractivity contribution >= 4 is 17.7 Å². The SMILES string of the molecule is CC(C)(O)[C@@H]1CC[C@@](C)([C@H]2[C@@H](O)C[C@@]3(C)[C@@H]4C[C@H](OC(=O)C5CCN(Cl)CC5)[C@H]5C(C)(C)C(F)(F)CC[C@@]56C[C@@]46CC[C@]23C)O1. The molecule has 6 nitrogen and oxygen atoms in total. The Hall–Kier alpha value is -0.540. The topological polar surface area (TPSA) is 79.2 Å². The van der Waals surface area contributed by atoms with Gasteiger partial charge in [0.25, 0.3) is 5.92 Å². The molecule has 5 aliphatic carbocycles. The molecule has 256 valence electrons. The van der Waals surface area contributed by atoms with Gasteiger partial charge in [0, 0.05) is 36.8 Å². The number of alkyl halides is 2. The Morgan fingerprint density at radius 2 is 1.58 bits per heavy atom. The van der Waals surface area contributed by atoms with Gasteiger partial charge in [-0.15, -0.1) is 0 Å². The summed E-state index contributed by atoms with van der Waals surface area (Å²) in [6.07, 6.45) is 5.64. The second kappa shape index (κ2) is 9.79. The van der Waals surface area contributed by atoms with E-state index < -0.39 is 40.7 Å². The molecule has 7 aliphatic rings. The average molecular weight is 656 g/mol. The van der Waals surface area contributed by atoms with E-state index in [1.165, 1.54) is 0 Å². The van der Waals surface area contributed by atoms with E-state index in [9.17, 15) is 15.0 Å². The van der Waals surface area contributed by atoms with Crippen LogP contribution in [0.5, 0.6) is 0 Å². The highest BCUT2D eigenvalue weighted by Crippen LogP contribution is 2.90. The van der Waals surface area contributed by atoms with Crippen molar-refractivity contribution in [1.82, 2.24) is 4.42 Å². The summed E-state index contributed by atoms with van der Waals surface area (Å²) in [6, 6.07) is 0. The van der Waals surface area contributed by atoms with Crippen LogP contribution in [0.15, 0.2) is 0 Å². The first-order chi connectivity index (χ1) is 20.7. The third kappa shape index (κ3) is 4.26. The number of ether oxygens (including phenoxy) is 2. The Morgan fingerprint density at radius 1 is 0.933 bits per heavy atom. The van der Waals surface area contributed by atoms with Crippen molar-refractivity contribution in [2.45, 2.75) is 155 Å². The van der Waals surface area contributed by atoms with Gasteiger partial charge in [-0.25, -0.2) is 13.2 Å². The van der Waals surface area contributed by atoms with Crippen LogP contribution >= 0.6 is 11.8 Å². The van der Waals surface area contributed by atoms with Crippen molar-refractivity contribution in [3.05, 3.63) is 0 Å². The van der Waals surface area contributed by atoms with Crippen LogP contribution < -0.4 is 0 Å². The largest absolute Gasteiger partial charge is 0.462 e. The van der Waals surface area contributed by atoms with Crippen molar-refractivity contribution in [3.63, 3.8) is 0 Å². The normalized spacial score (nSPS) is 52.4. The van der Waals surface area contributed by atoms with E-state index in [4.69, 9.17) is 21.3 Å². The number of aliphatic hydroxyl groups is 2. The Balaban J connectivity index is 1.25. The van der Waals surface area contributed by atoms with Gasteiger partial charge in [-0.3, -0.25) is 4.79 Å². The van der Waals surface area contributed by atoms with Crippen molar-refractivity contribution in [3.8, 4) is 0 Å². The van der Waals surface area contributed by atoms with Gasteiger partial charge < -0.3 is 19.7 Å². The van der Waals surface area contributed by atoms with Crippen LogP contribution in [0.2, 0.25) is 0 Å². The van der Waals surface area contributed by atoms with Gasteiger partial charge >= 0.3 is 5.97 Å². The van der Waals surface area contributed by atoms with Crippen LogP contribution in [-0.4, -0.2) is 69.1 Å². The number of carbonyl (C=O) groups is 1. The van der Waals surface area contributed by atoms with Crippen molar-refractivity contribution in [1.29, 1.82) is 0 Å². The molecule has 5 saturated carbocycles. The minimum absolute atomic E-state index is 0.0752. The number of esters is 1. The first-order valence-electron chi connectivity index (χ1n) is 17.7. The van der Waals surface area contributed by atoms with E-state index >= 15 is 8.78 Å². The summed E-state index contributed by atoms with van der Waals surface area (Å²) in [5, 5.41) is 22.8. The van der Waals surface area contributed by atoms with Crippen molar-refractivity contribution in [2.24, 2.45) is 50.7 Å². The fraction of sp³-hybridized carbons (Fsp3) is 0.972. The average Bonchev–Trinajstić information content (AvgIpc) is 3.30. The molecule has 0 radical (unpaired) electrons. The molecule has 2 spiro atoms. The molecule has 2 heterocycles. The molecule has 7 rings (SSSR count). The Bertz CT molecular complexity index is 1230. The van der Waals surface area contributed by atoms with Gasteiger partial charge in [-0.2, -0.15) is 0 Å². The summed E-state index contributed by atoms with van der Waals surface area (Å²) in [6.45, 7) is 15.1. The molecular formula is C36H56ClF2NO5. The lowest BCUT2D eigenvalue weighted by atomic mass is 9.41. The third-order valence-corrected chi connectivity index (χ3v) is 16.2. The first-order valence-corrected chi connectivity index (χ1v) is 18.1. The molecule has 2 aliphatic heterocycles. The zero-order chi connectivity index (χ0) is 32.8. The number of halogens is 3. The zero-order valence-corrected chi connectivity index (χ0v) is 29.2. The molecular weight excluding hydrogens is 600 g/mol. The lowest BCUT2D eigenvalue weighted by Gasteiger charge is -2.65. The van der Waals surface area contributed by atoms with E-state index in [2.05, 4.69) is 20.8 Å². The van der Waals surface area contributed by atoms with Crippen LogP contribution in [0, 0.1) is 50.7 Å². The zero-order valence-electron chi connectivity index (χ0n) is 28.4. The van der Waals surface area contributed by atoms with Gasteiger partial charge in [0.1, 0.15) is 6.10 Å². The number of hydrogen-bond acceptors (Lipinski definition) is 6. The first kappa shape index (κ1) is 33.0. The highest BCUT2D eigenvalue weighted by molar-refractivity contribution is 6.13. The summed E-state index contributed by atoms with van der Waals surface area (Å²) in [7, 11) is 0. The van der Waals surface area contributed by atoms with Gasteiger partial charge in [0.15, 0.2) is 0 Å². The van der Waals surface area contributed by atoms with Crippen LogP contribution in [0.1, 0.15) is 119 Å². The van der Waals surface area contributed by atoms with Gasteiger partial charge in [0.05, 0.1) is 29.3 Å². The lowest BCUT2D eigenvalue weighted by Crippen LogP contribution is -2.64. The Morgan fingerprint density at radius 3 is 2.20 bits per heavy atom. The number of nitrogens with zero attached hydrogens (tertiary/aromatic N) is 1. The molecule has 7 fully saturated rings. The van der Waals surface area contributed by atoms with Crippen LogP contribution in [0.4, 0.5) is 8.78 Å². The van der Waals surface area contributed by atoms with E-state index in [1.54, 1.807) is 32.1 Å². The van der Waals surface area contributed by atoms with Crippen LogP contribution in [0.25, 0.3) is 0 Å². The minimum atomic E-state index is -2.83. The number of carbonyl (C=O) groups excluding carboxylic acids is 1. The molecule has 2 N–H and O–H groups in total. The number of rotatable bonds is 4. The molecule has 0 unspecified atom stereocenters. The highest BCUT2D eigenvalue weighted by atomic mass is 35.5. The molecule has 0 amide bonds. The maximum Gasteiger partial charge on any atom is 0.309 e. The molecule has 0 aromatic heterocycles. The van der Waals surface area contributed by atoms with E-state index in [0.717, 1.165) is 32.1 Å². The predicted octanol–water partition coefficient (Wildman–Crippen LogP) is 7.13. The molecule has 45 heavy (non-hydrogen) atoms. The van der Waals surface area contributed by atoms with Gasteiger partial charge in [-0.1, -0.05) is 27.7 Å². The number of hydrogen-bond donors (Lipinski definition) is 2. The van der Waals surface area contributed by atoms with Gasteiger partial charge in [-0.05, 0) is 124 Å². The molecule has 0 bridgehead atoms. The van der Waals surface area contributed by atoms with E-state index in [1.807, 2.05) is 0 Å². The summed E-state index contributed by atoms with van der Waals surface area (Å²) in [5.74, 6) is -3.71. The number of piperidine rings is 1. The monoisotopic (exact) mass is 655 g/mol. The van der Waals surface area contributed by atoms with E-state index in [0.29, 0.717) is 45.2 Å². The fourth-order valence-corrected chi connectivity index (χ4v) is 13.7. The van der Waals surface area contributed by atoms with Gasteiger partial charge in [0.2, 0.25) is 0 Å². The fourth-order valence-electron chi connectivity index (χ4n) is 13.5. The van der Waals surface area contributed by atoms with E-state index in [-0.39, 0.29) is 57.9 Å². The maximum atomic E-state index is 15.8. The Kier molecular flexibility index (Phi) is 7.18. The summed E-state index contributed by atoms with van der Waals surface area (Å²) < 4.78 is 46.6. The smallest absolute Gasteiger partial charge is 0.309 e. The number of aliphatic hydroxyl groups excluding tert-OH is 1. The number of fused-ring (bicyclic) bond motifs is 2. The molecule has 11 atom stereocenters. The Labute approximate surface area is 273 Å². The molecule has 2 saturated heterocycles. The quantitative estimate of drug-likeness (QED) is 0.248. The minimum Gasteiger partial charge on any atom is -0.462 e. The molecule has 0 aromatic rings.